The number of benzene rings is 2. The van der Waals surface area contributed by atoms with E-state index in [0.29, 0.717) is 22.2 Å². The standard InChI is InChI=1S/C17H14F3NO2/c1-10-15(11-6-8-12(22-2)9-7-11)16-13(21-10)4-3-5-14(16)23-17(18,19)20/h3-9,21H,1-2H3. The van der Waals surface area contributed by atoms with Crippen LogP contribution in [0.3, 0.4) is 0 Å². The molecule has 0 aliphatic rings. The smallest absolute Gasteiger partial charge is 0.497 e. The summed E-state index contributed by atoms with van der Waals surface area (Å²) in [5.74, 6) is 0.461. The fraction of sp³-hybridized carbons (Fsp3) is 0.176. The van der Waals surface area contributed by atoms with Gasteiger partial charge in [0.1, 0.15) is 11.5 Å². The molecule has 0 spiro atoms. The minimum atomic E-state index is -4.74. The van der Waals surface area contributed by atoms with E-state index >= 15 is 0 Å². The van der Waals surface area contributed by atoms with Crippen LogP contribution in [0.25, 0.3) is 22.0 Å². The summed E-state index contributed by atoms with van der Waals surface area (Å²) in [7, 11) is 1.56. The second-order valence-electron chi connectivity index (χ2n) is 5.08. The van der Waals surface area contributed by atoms with Gasteiger partial charge in [-0.15, -0.1) is 13.2 Å². The van der Waals surface area contributed by atoms with Crippen LogP contribution >= 0.6 is 0 Å². The Kier molecular flexibility index (Phi) is 3.67. The first-order chi connectivity index (χ1) is 10.9. The lowest BCUT2D eigenvalue weighted by Crippen LogP contribution is -2.17. The molecule has 0 bridgehead atoms. The molecule has 0 unspecified atom stereocenters. The van der Waals surface area contributed by atoms with Gasteiger partial charge in [0.25, 0.3) is 0 Å². The number of nitrogens with one attached hydrogen (secondary N) is 1. The van der Waals surface area contributed by atoms with Crippen LogP contribution in [0.2, 0.25) is 0 Å². The van der Waals surface area contributed by atoms with Gasteiger partial charge in [0.05, 0.1) is 7.11 Å². The van der Waals surface area contributed by atoms with Crippen molar-refractivity contribution in [3.8, 4) is 22.6 Å². The van der Waals surface area contributed by atoms with Crippen LogP contribution in [0.15, 0.2) is 42.5 Å². The topological polar surface area (TPSA) is 34.2 Å². The lowest BCUT2D eigenvalue weighted by atomic mass is 10.0. The SMILES string of the molecule is COc1ccc(-c2c(C)[nH]c3cccc(OC(F)(F)F)c23)cc1. The highest BCUT2D eigenvalue weighted by molar-refractivity contribution is 6.01. The lowest BCUT2D eigenvalue weighted by Gasteiger charge is -2.11. The molecule has 0 fully saturated rings. The molecule has 0 radical (unpaired) electrons. The Bertz CT molecular complexity index is 835. The van der Waals surface area contributed by atoms with Crippen LogP contribution in [0.4, 0.5) is 13.2 Å². The highest BCUT2D eigenvalue weighted by Crippen LogP contribution is 2.40. The van der Waals surface area contributed by atoms with Gasteiger partial charge in [-0.2, -0.15) is 0 Å². The highest BCUT2D eigenvalue weighted by Gasteiger charge is 2.32. The second kappa shape index (κ2) is 5.53. The number of rotatable bonds is 3. The molecule has 23 heavy (non-hydrogen) atoms. The predicted molar refractivity (Wildman–Crippen MR) is 81.7 cm³/mol. The summed E-state index contributed by atoms with van der Waals surface area (Å²) < 4.78 is 47.3. The Morgan fingerprint density at radius 3 is 2.30 bits per heavy atom. The quantitative estimate of drug-likeness (QED) is 0.732. The van der Waals surface area contributed by atoms with E-state index in [-0.39, 0.29) is 5.75 Å². The number of ether oxygens (including phenoxy) is 2. The maximum atomic E-state index is 12.7. The summed E-state index contributed by atoms with van der Waals surface area (Å²) in [6, 6.07) is 11.7. The minimum Gasteiger partial charge on any atom is -0.497 e. The maximum Gasteiger partial charge on any atom is 0.573 e. The van der Waals surface area contributed by atoms with Crippen LogP contribution in [0.1, 0.15) is 5.69 Å². The van der Waals surface area contributed by atoms with Crippen molar-refractivity contribution >= 4 is 10.9 Å². The van der Waals surface area contributed by atoms with E-state index in [2.05, 4.69) is 9.72 Å². The van der Waals surface area contributed by atoms with Crippen LogP contribution in [-0.2, 0) is 0 Å². The Morgan fingerprint density at radius 2 is 1.70 bits per heavy atom. The number of H-pyrrole nitrogens is 1. The summed E-state index contributed by atoms with van der Waals surface area (Å²) in [4.78, 5) is 3.10. The van der Waals surface area contributed by atoms with E-state index in [9.17, 15) is 13.2 Å². The van der Waals surface area contributed by atoms with Gasteiger partial charge in [0, 0.05) is 22.2 Å². The molecule has 0 saturated carbocycles. The zero-order chi connectivity index (χ0) is 16.6. The lowest BCUT2D eigenvalue weighted by molar-refractivity contribution is -0.274. The molecule has 3 aromatic rings. The molecule has 1 N–H and O–H groups in total. The van der Waals surface area contributed by atoms with Gasteiger partial charge < -0.3 is 14.5 Å². The van der Waals surface area contributed by atoms with Gasteiger partial charge in [-0.3, -0.25) is 0 Å². The second-order valence-corrected chi connectivity index (χ2v) is 5.08. The molecule has 120 valence electrons. The van der Waals surface area contributed by atoms with E-state index in [4.69, 9.17) is 4.74 Å². The van der Waals surface area contributed by atoms with Crippen molar-refractivity contribution in [2.45, 2.75) is 13.3 Å². The van der Waals surface area contributed by atoms with E-state index in [0.717, 1.165) is 11.3 Å². The van der Waals surface area contributed by atoms with Gasteiger partial charge in [0.15, 0.2) is 0 Å². The summed E-state index contributed by atoms with van der Waals surface area (Å²) in [5.41, 5.74) is 2.83. The van der Waals surface area contributed by atoms with Crippen LogP contribution in [0, 0.1) is 6.92 Å². The zero-order valence-electron chi connectivity index (χ0n) is 12.5. The van der Waals surface area contributed by atoms with Crippen LogP contribution < -0.4 is 9.47 Å². The van der Waals surface area contributed by atoms with Crippen molar-refractivity contribution < 1.29 is 22.6 Å². The van der Waals surface area contributed by atoms with E-state index < -0.39 is 6.36 Å². The van der Waals surface area contributed by atoms with Crippen molar-refractivity contribution in [3.63, 3.8) is 0 Å². The molecule has 1 aromatic heterocycles. The summed E-state index contributed by atoms with van der Waals surface area (Å²) >= 11 is 0. The van der Waals surface area contributed by atoms with Gasteiger partial charge in [0.2, 0.25) is 0 Å². The fourth-order valence-electron chi connectivity index (χ4n) is 2.67. The highest BCUT2D eigenvalue weighted by atomic mass is 19.4. The summed E-state index contributed by atoms with van der Waals surface area (Å²) in [6.45, 7) is 1.82. The first-order valence-electron chi connectivity index (χ1n) is 6.90. The molecule has 0 saturated heterocycles. The van der Waals surface area contributed by atoms with Gasteiger partial charge >= 0.3 is 6.36 Å². The molecule has 3 nitrogen and oxygen atoms in total. The van der Waals surface area contributed by atoms with Crippen LogP contribution in [-0.4, -0.2) is 18.5 Å². The largest absolute Gasteiger partial charge is 0.573 e. The van der Waals surface area contributed by atoms with Gasteiger partial charge in [-0.1, -0.05) is 18.2 Å². The molecule has 0 aliphatic carbocycles. The van der Waals surface area contributed by atoms with Crippen molar-refractivity contribution in [3.05, 3.63) is 48.2 Å². The Hall–Kier alpha value is -2.63. The number of alkyl halides is 3. The monoisotopic (exact) mass is 321 g/mol. The number of hydrogen-bond acceptors (Lipinski definition) is 2. The Morgan fingerprint density at radius 1 is 1.00 bits per heavy atom. The number of aryl methyl sites for hydroxylation is 1. The molecule has 0 atom stereocenters. The normalized spacial score (nSPS) is 11.7. The summed E-state index contributed by atoms with van der Waals surface area (Å²) in [5, 5.41) is 0.410. The van der Waals surface area contributed by atoms with Crippen molar-refractivity contribution in [1.82, 2.24) is 4.98 Å². The molecule has 3 rings (SSSR count). The summed E-state index contributed by atoms with van der Waals surface area (Å²) in [6.07, 6.45) is -4.74. The van der Waals surface area contributed by atoms with Crippen LogP contribution in [0.5, 0.6) is 11.5 Å². The van der Waals surface area contributed by atoms with Crippen molar-refractivity contribution in [2.75, 3.05) is 7.11 Å². The number of halogens is 3. The predicted octanol–water partition coefficient (Wildman–Crippen LogP) is 5.05. The molecule has 6 heteroatoms. The number of methoxy groups -OCH3 is 1. The first kappa shape index (κ1) is 15.3. The van der Waals surface area contributed by atoms with E-state index in [1.165, 1.54) is 12.1 Å². The zero-order valence-corrected chi connectivity index (χ0v) is 12.5. The third-order valence-electron chi connectivity index (χ3n) is 3.58. The first-order valence-corrected chi connectivity index (χ1v) is 6.90. The number of fused-ring (bicyclic) bond motifs is 1. The third-order valence-corrected chi connectivity index (χ3v) is 3.58. The van der Waals surface area contributed by atoms with E-state index in [1.54, 1.807) is 37.4 Å². The Labute approximate surface area is 130 Å². The Balaban J connectivity index is 2.20. The molecular formula is C17H14F3NO2. The molecule has 2 aromatic carbocycles. The minimum absolute atomic E-state index is 0.217. The third kappa shape index (κ3) is 2.97. The van der Waals surface area contributed by atoms with Crippen molar-refractivity contribution in [2.24, 2.45) is 0 Å². The number of hydrogen-bond donors (Lipinski definition) is 1. The van der Waals surface area contributed by atoms with Gasteiger partial charge in [-0.25, -0.2) is 0 Å². The molecule has 1 heterocycles. The molecule has 0 aliphatic heterocycles. The van der Waals surface area contributed by atoms with Gasteiger partial charge in [-0.05, 0) is 36.8 Å². The molecule has 0 amide bonds. The number of aromatic nitrogens is 1. The average molecular weight is 321 g/mol. The average Bonchev–Trinajstić information content (AvgIpc) is 2.83. The maximum absolute atomic E-state index is 12.7. The fourth-order valence-corrected chi connectivity index (χ4v) is 2.67. The van der Waals surface area contributed by atoms with Crippen molar-refractivity contribution in [1.29, 1.82) is 0 Å². The number of aromatic amines is 1. The van der Waals surface area contributed by atoms with E-state index in [1.807, 2.05) is 6.92 Å². The molecular weight excluding hydrogens is 307 g/mol.